The molecular formula is C8H12O10. The van der Waals surface area contributed by atoms with Gasteiger partial charge in [-0.05, 0) is 0 Å². The van der Waals surface area contributed by atoms with E-state index in [4.69, 9.17) is 25.2 Å². The van der Waals surface area contributed by atoms with Gasteiger partial charge in [-0.3, -0.25) is 0 Å². The summed E-state index contributed by atoms with van der Waals surface area (Å²) in [6, 6.07) is 0. The lowest BCUT2D eigenvalue weighted by molar-refractivity contribution is -0.219. The fourth-order valence-electron chi connectivity index (χ4n) is 1.22. The van der Waals surface area contributed by atoms with E-state index in [1.54, 1.807) is 0 Å². The molecule has 0 aromatic heterocycles. The summed E-state index contributed by atoms with van der Waals surface area (Å²) in [4.78, 5) is 18.6. The van der Waals surface area contributed by atoms with Crippen molar-refractivity contribution in [1.82, 2.24) is 0 Å². The lowest BCUT2D eigenvalue weighted by Crippen LogP contribution is -2.45. The van der Waals surface area contributed by atoms with Gasteiger partial charge in [0.15, 0.2) is 5.94 Å². The van der Waals surface area contributed by atoms with Gasteiger partial charge >= 0.3 is 6.16 Å². The highest BCUT2D eigenvalue weighted by atomic mass is 16.7. The van der Waals surface area contributed by atoms with Crippen LogP contribution in [0.3, 0.4) is 0 Å². The molecule has 7 N–H and O–H groups in total. The van der Waals surface area contributed by atoms with Gasteiger partial charge in [-0.1, -0.05) is 0 Å². The molecule has 0 spiro atoms. The fraction of sp³-hybridized carbons (Fsp3) is 0.625. The zero-order valence-corrected chi connectivity index (χ0v) is 8.79. The summed E-state index contributed by atoms with van der Waals surface area (Å²) in [5.74, 6) is -3.04. The van der Waals surface area contributed by atoms with Crippen LogP contribution in [0, 0.1) is 0 Å². The quantitative estimate of drug-likeness (QED) is 0.205. The molecule has 0 aromatic carbocycles. The van der Waals surface area contributed by atoms with E-state index in [1.165, 1.54) is 0 Å². The van der Waals surface area contributed by atoms with E-state index in [1.807, 2.05) is 0 Å². The predicted molar refractivity (Wildman–Crippen MR) is 51.4 cm³/mol. The summed E-state index contributed by atoms with van der Waals surface area (Å²) in [6.07, 6.45) is -6.62. The Bertz CT molecular complexity index is 344. The van der Waals surface area contributed by atoms with Gasteiger partial charge in [0.25, 0.3) is 5.79 Å². The highest BCUT2D eigenvalue weighted by Crippen LogP contribution is 2.32. The number of aliphatic hydroxyl groups excluding tert-OH is 4. The number of carbonyl (C=O) groups is 1. The number of hydrogen-bond acceptors (Lipinski definition) is 8. The Morgan fingerprint density at radius 2 is 1.72 bits per heavy atom. The Hall–Kier alpha value is -1.68. The summed E-state index contributed by atoms with van der Waals surface area (Å²) in [6.45, 7) is -0.674. The fourth-order valence-corrected chi connectivity index (χ4v) is 1.22. The van der Waals surface area contributed by atoms with Crippen LogP contribution in [0.15, 0.2) is 5.76 Å². The van der Waals surface area contributed by atoms with Crippen LogP contribution in [0.5, 0.6) is 0 Å². The van der Waals surface area contributed by atoms with Gasteiger partial charge in [-0.15, -0.1) is 0 Å². The van der Waals surface area contributed by atoms with Crippen LogP contribution in [-0.4, -0.2) is 78.5 Å². The molecule has 1 saturated heterocycles. The highest BCUT2D eigenvalue weighted by Gasteiger charge is 2.56. The molecule has 0 radical (unpaired) electrons. The third kappa shape index (κ3) is 3.40. The van der Waals surface area contributed by atoms with Crippen LogP contribution >= 0.6 is 0 Å². The van der Waals surface area contributed by atoms with Crippen molar-refractivity contribution in [2.24, 2.45) is 0 Å². The Balaban J connectivity index is 0.000000631. The normalized spacial score (nSPS) is 34.1. The first-order chi connectivity index (χ1) is 8.20. The third-order valence-electron chi connectivity index (χ3n) is 2.05. The third-order valence-corrected chi connectivity index (χ3v) is 2.05. The van der Waals surface area contributed by atoms with Crippen molar-refractivity contribution in [3.05, 3.63) is 5.76 Å². The number of hydrogen-bond donors (Lipinski definition) is 7. The molecule has 10 heteroatoms. The van der Waals surface area contributed by atoms with Gasteiger partial charge < -0.3 is 40.5 Å². The minimum atomic E-state index is -2.70. The molecule has 0 amide bonds. The highest BCUT2D eigenvalue weighted by molar-refractivity contribution is 5.53. The van der Waals surface area contributed by atoms with E-state index in [0.29, 0.717) is 0 Å². The molecule has 1 rings (SSSR count). The second-order valence-electron chi connectivity index (χ2n) is 3.20. The average Bonchev–Trinajstić information content (AvgIpc) is 2.52. The molecule has 1 unspecified atom stereocenters. The van der Waals surface area contributed by atoms with Gasteiger partial charge in [0.2, 0.25) is 5.76 Å². The molecule has 104 valence electrons. The standard InChI is InChI=1S/C7H10O7.CH2O3/c8-1-3-5(11)6(12)7(13,14-3)4(10)2-9;2-1(3)4/h3,5-6,8,10-13H,1H2;(H2,2,3,4)/t3-,5+,6-,7?;/m1./s1. The first-order valence-electron chi connectivity index (χ1n) is 4.44. The van der Waals surface area contributed by atoms with Gasteiger partial charge in [0, 0.05) is 0 Å². The van der Waals surface area contributed by atoms with Crippen LogP contribution in [0.4, 0.5) is 4.79 Å². The van der Waals surface area contributed by atoms with Crippen molar-refractivity contribution >= 4 is 12.1 Å². The molecule has 0 aliphatic carbocycles. The van der Waals surface area contributed by atoms with E-state index in [2.05, 4.69) is 4.74 Å². The molecule has 10 nitrogen and oxygen atoms in total. The van der Waals surface area contributed by atoms with Crippen molar-refractivity contribution in [3.63, 3.8) is 0 Å². The largest absolute Gasteiger partial charge is 0.503 e. The lowest BCUT2D eigenvalue weighted by atomic mass is 10.0. The molecule has 18 heavy (non-hydrogen) atoms. The maximum Gasteiger partial charge on any atom is 0.503 e. The Labute approximate surface area is 99.6 Å². The van der Waals surface area contributed by atoms with Crippen LogP contribution < -0.4 is 0 Å². The van der Waals surface area contributed by atoms with Crippen molar-refractivity contribution in [3.8, 4) is 0 Å². The summed E-state index contributed by atoms with van der Waals surface area (Å²) < 4.78 is 4.53. The molecule has 0 aromatic rings. The van der Waals surface area contributed by atoms with E-state index in [-0.39, 0.29) is 0 Å². The van der Waals surface area contributed by atoms with Crippen LogP contribution in [-0.2, 0) is 9.53 Å². The minimum Gasteiger partial charge on any atom is -0.498 e. The summed E-state index contributed by atoms with van der Waals surface area (Å²) in [5.41, 5.74) is 0. The predicted octanol–water partition coefficient (Wildman–Crippen LogP) is -2.72. The molecular weight excluding hydrogens is 256 g/mol. The molecule has 0 saturated carbocycles. The van der Waals surface area contributed by atoms with Crippen molar-refractivity contribution in [2.75, 3.05) is 6.61 Å². The monoisotopic (exact) mass is 268 g/mol. The lowest BCUT2D eigenvalue weighted by Gasteiger charge is -2.22. The Morgan fingerprint density at radius 1 is 1.28 bits per heavy atom. The maximum absolute atomic E-state index is 10.0. The van der Waals surface area contributed by atoms with Crippen molar-refractivity contribution < 1.29 is 50.1 Å². The number of aliphatic hydroxyl groups is 5. The summed E-state index contributed by atoms with van der Waals surface area (Å²) in [5, 5.41) is 59.3. The average molecular weight is 268 g/mol. The van der Waals surface area contributed by atoms with Gasteiger partial charge in [0.1, 0.15) is 18.3 Å². The Kier molecular flexibility index (Phi) is 5.72. The zero-order valence-electron chi connectivity index (χ0n) is 8.79. The van der Waals surface area contributed by atoms with E-state index < -0.39 is 42.6 Å². The molecule has 1 fully saturated rings. The van der Waals surface area contributed by atoms with Crippen LogP contribution in [0.2, 0.25) is 0 Å². The molecule has 1 heterocycles. The van der Waals surface area contributed by atoms with Crippen molar-refractivity contribution in [1.29, 1.82) is 0 Å². The SMILES string of the molecule is O=C(O)O.O=C=C(O)C1(O)O[C@H](CO)[C@H](O)[C@H]1O. The second kappa shape index (κ2) is 6.31. The molecule has 0 bridgehead atoms. The second-order valence-corrected chi connectivity index (χ2v) is 3.20. The van der Waals surface area contributed by atoms with Gasteiger partial charge in [0.05, 0.1) is 6.61 Å². The Morgan fingerprint density at radius 3 is 2.00 bits per heavy atom. The smallest absolute Gasteiger partial charge is 0.498 e. The first kappa shape index (κ1) is 16.3. The number of carbonyl (C=O) groups excluding carboxylic acids is 1. The topological polar surface area (TPSA) is 185 Å². The maximum atomic E-state index is 10.0. The number of ether oxygens (including phenoxy) is 1. The van der Waals surface area contributed by atoms with E-state index in [9.17, 15) is 20.1 Å². The van der Waals surface area contributed by atoms with Gasteiger partial charge in [-0.25, -0.2) is 9.59 Å². The van der Waals surface area contributed by atoms with Crippen molar-refractivity contribution in [2.45, 2.75) is 24.1 Å². The van der Waals surface area contributed by atoms with Crippen LogP contribution in [0.1, 0.15) is 0 Å². The summed E-state index contributed by atoms with van der Waals surface area (Å²) in [7, 11) is 0. The minimum absolute atomic E-state index is 0.674. The van der Waals surface area contributed by atoms with E-state index >= 15 is 0 Å². The molecule has 1 aliphatic rings. The van der Waals surface area contributed by atoms with E-state index in [0.717, 1.165) is 5.94 Å². The summed E-state index contributed by atoms with van der Waals surface area (Å²) >= 11 is 0. The molecule has 1 aliphatic heterocycles. The van der Waals surface area contributed by atoms with Gasteiger partial charge in [-0.2, -0.15) is 0 Å². The van der Waals surface area contributed by atoms with Crippen LogP contribution in [0.25, 0.3) is 0 Å². The zero-order chi connectivity index (χ0) is 14.5. The number of carboxylic acid groups (broad SMARTS) is 2. The number of rotatable bonds is 2. The molecule has 4 atom stereocenters. The first-order valence-corrected chi connectivity index (χ1v) is 4.44.